The van der Waals surface area contributed by atoms with Crippen molar-refractivity contribution in [2.45, 2.75) is 76.0 Å². The molecule has 8 aliphatic rings. The molecule has 8 aliphatic carbocycles. The SMILES string of the molecule is Nc1cc(Oc2ccccc2C2(c3ccccc3Oc3ccc(O)c(N)c3)C3CC4CC(C3)CC2(C23CC5CC(CC(C5)C2)C3)C4)ccc1O. The van der Waals surface area contributed by atoms with E-state index < -0.39 is 0 Å². The molecule has 0 aliphatic heterocycles. The number of aromatic hydroxyl groups is 2. The molecule has 0 amide bonds. The molecule has 4 aromatic rings. The van der Waals surface area contributed by atoms with Crippen molar-refractivity contribution in [3.05, 3.63) is 96.1 Å². The number of phenolic OH excluding ortho intramolecular Hbond substituents is 2. The molecular formula is C44H48N2O4. The quantitative estimate of drug-likeness (QED) is 0.115. The molecule has 6 N–H and O–H groups in total. The van der Waals surface area contributed by atoms with Crippen molar-refractivity contribution in [3.8, 4) is 34.5 Å². The fraction of sp³-hybridized carbons (Fsp3) is 0.455. The Hall–Kier alpha value is -4.32. The molecule has 6 heteroatoms. The van der Waals surface area contributed by atoms with Crippen LogP contribution in [0.4, 0.5) is 11.4 Å². The van der Waals surface area contributed by atoms with Gasteiger partial charge in [0, 0.05) is 28.7 Å². The lowest BCUT2D eigenvalue weighted by Crippen LogP contribution is -2.71. The maximum Gasteiger partial charge on any atom is 0.138 e. The van der Waals surface area contributed by atoms with Gasteiger partial charge in [0.15, 0.2) is 0 Å². The molecule has 8 fully saturated rings. The number of rotatable bonds is 7. The lowest BCUT2D eigenvalue weighted by atomic mass is 9.27. The molecule has 0 heterocycles. The fourth-order valence-electron chi connectivity index (χ4n) is 13.9. The molecule has 0 radical (unpaired) electrons. The lowest BCUT2D eigenvalue weighted by molar-refractivity contribution is -0.234. The van der Waals surface area contributed by atoms with E-state index in [-0.39, 0.29) is 27.7 Å². The smallest absolute Gasteiger partial charge is 0.138 e. The van der Waals surface area contributed by atoms with Crippen molar-refractivity contribution in [2.75, 3.05) is 11.5 Å². The molecule has 4 aromatic carbocycles. The van der Waals surface area contributed by atoms with Crippen LogP contribution in [0.2, 0.25) is 0 Å². The third-order valence-electron chi connectivity index (χ3n) is 14.7. The number of para-hydroxylation sites is 2. The Balaban J connectivity index is 1.24. The summed E-state index contributed by atoms with van der Waals surface area (Å²) >= 11 is 0. The monoisotopic (exact) mass is 668 g/mol. The lowest BCUT2D eigenvalue weighted by Gasteiger charge is -2.77. The molecular weight excluding hydrogens is 620 g/mol. The number of hydrogen-bond donors (Lipinski definition) is 4. The van der Waals surface area contributed by atoms with E-state index in [1.54, 1.807) is 24.3 Å². The van der Waals surface area contributed by atoms with Crippen LogP contribution in [0, 0.1) is 46.3 Å². The number of hydrogen-bond acceptors (Lipinski definition) is 6. The van der Waals surface area contributed by atoms with Crippen molar-refractivity contribution >= 4 is 11.4 Å². The Morgan fingerprint density at radius 3 is 1.38 bits per heavy atom. The summed E-state index contributed by atoms with van der Waals surface area (Å²) < 4.78 is 13.8. The van der Waals surface area contributed by atoms with E-state index in [1.807, 2.05) is 12.1 Å². The highest BCUT2D eigenvalue weighted by Gasteiger charge is 2.75. The van der Waals surface area contributed by atoms with Crippen molar-refractivity contribution < 1.29 is 19.7 Å². The number of nitrogens with two attached hydrogens (primary N) is 2. The minimum absolute atomic E-state index is 0.0473. The van der Waals surface area contributed by atoms with Gasteiger partial charge in [0.05, 0.1) is 11.4 Å². The highest BCUT2D eigenvalue weighted by Crippen LogP contribution is 2.82. The van der Waals surface area contributed by atoms with Crippen LogP contribution in [0.5, 0.6) is 34.5 Å². The average Bonchev–Trinajstić information content (AvgIpc) is 3.08. The van der Waals surface area contributed by atoms with Crippen LogP contribution in [0.3, 0.4) is 0 Å². The van der Waals surface area contributed by atoms with E-state index in [0.717, 1.165) is 41.1 Å². The van der Waals surface area contributed by atoms with E-state index in [1.165, 1.54) is 81.8 Å². The van der Waals surface area contributed by atoms with E-state index in [2.05, 4.69) is 48.5 Å². The minimum atomic E-state index is -0.357. The van der Waals surface area contributed by atoms with Crippen molar-refractivity contribution in [1.82, 2.24) is 0 Å². The molecule has 0 saturated heterocycles. The standard InChI is InChI=1S/C44H48N2O4/c45-36-19-32(9-11-38(36)47)49-40-7-3-1-5-34(40)44(35-6-2-4-8-41(35)50-33-10-12-39(48)37(46)20-33)31-17-29-16-30(18-31)25-43(44,24-29)42-21-26-13-27(22-42)15-28(14-26)23-42/h1-12,19-20,26-31,47-48H,13-18,21-25,45-46H2. The molecule has 50 heavy (non-hydrogen) atoms. The van der Waals surface area contributed by atoms with Gasteiger partial charge in [-0.2, -0.15) is 0 Å². The second-order valence-corrected chi connectivity index (χ2v) is 17.3. The Morgan fingerprint density at radius 2 is 0.940 bits per heavy atom. The van der Waals surface area contributed by atoms with E-state index in [9.17, 15) is 10.2 Å². The first kappa shape index (κ1) is 30.5. The summed E-state index contributed by atoms with van der Waals surface area (Å²) in [5.41, 5.74) is 15.5. The highest BCUT2D eigenvalue weighted by atomic mass is 16.5. The number of benzene rings is 4. The van der Waals surface area contributed by atoms with Gasteiger partial charge < -0.3 is 31.2 Å². The second kappa shape index (κ2) is 10.8. The first-order valence-corrected chi connectivity index (χ1v) is 19.0. The zero-order chi connectivity index (χ0) is 33.8. The summed E-state index contributed by atoms with van der Waals surface area (Å²) in [6.45, 7) is 0. The molecule has 0 aromatic heterocycles. The first-order valence-electron chi connectivity index (χ1n) is 19.0. The molecule has 2 unspecified atom stereocenters. The predicted octanol–water partition coefficient (Wildman–Crippen LogP) is 10.2. The van der Waals surface area contributed by atoms with Gasteiger partial charge in [-0.1, -0.05) is 36.4 Å². The predicted molar refractivity (Wildman–Crippen MR) is 195 cm³/mol. The third-order valence-corrected chi connectivity index (χ3v) is 14.7. The van der Waals surface area contributed by atoms with E-state index in [4.69, 9.17) is 20.9 Å². The van der Waals surface area contributed by atoms with Gasteiger partial charge in [-0.3, -0.25) is 0 Å². The van der Waals surface area contributed by atoms with Crippen LogP contribution in [-0.2, 0) is 5.41 Å². The van der Waals surface area contributed by atoms with Gasteiger partial charge in [0.1, 0.15) is 34.5 Å². The first-order chi connectivity index (χ1) is 24.2. The Morgan fingerprint density at radius 1 is 0.520 bits per heavy atom. The van der Waals surface area contributed by atoms with Crippen LogP contribution in [-0.4, -0.2) is 10.2 Å². The Kier molecular flexibility index (Phi) is 6.61. The maximum atomic E-state index is 10.2. The van der Waals surface area contributed by atoms with E-state index >= 15 is 0 Å². The summed E-state index contributed by atoms with van der Waals surface area (Å²) in [7, 11) is 0. The molecule has 0 spiro atoms. The number of ether oxygens (including phenoxy) is 2. The van der Waals surface area contributed by atoms with Crippen LogP contribution >= 0.6 is 0 Å². The van der Waals surface area contributed by atoms with Crippen molar-refractivity contribution in [1.29, 1.82) is 0 Å². The van der Waals surface area contributed by atoms with Crippen molar-refractivity contribution in [2.24, 2.45) is 46.3 Å². The van der Waals surface area contributed by atoms with Gasteiger partial charge >= 0.3 is 0 Å². The normalized spacial score (nSPS) is 34.2. The maximum absolute atomic E-state index is 10.2. The zero-order valence-corrected chi connectivity index (χ0v) is 28.7. The van der Waals surface area contributed by atoms with Gasteiger partial charge in [0.25, 0.3) is 0 Å². The van der Waals surface area contributed by atoms with Gasteiger partial charge in [0.2, 0.25) is 0 Å². The van der Waals surface area contributed by atoms with Gasteiger partial charge in [-0.15, -0.1) is 0 Å². The minimum Gasteiger partial charge on any atom is -0.506 e. The molecule has 2 atom stereocenters. The molecule has 258 valence electrons. The second-order valence-electron chi connectivity index (χ2n) is 17.3. The molecule has 6 nitrogen and oxygen atoms in total. The average molecular weight is 669 g/mol. The molecule has 8 bridgehead atoms. The Labute approximate surface area is 294 Å². The summed E-state index contributed by atoms with van der Waals surface area (Å²) in [6.07, 6.45) is 14.6. The van der Waals surface area contributed by atoms with Crippen molar-refractivity contribution in [3.63, 3.8) is 0 Å². The van der Waals surface area contributed by atoms with Gasteiger partial charge in [-0.25, -0.2) is 0 Å². The Bertz CT molecular complexity index is 1840. The topological polar surface area (TPSA) is 111 Å². The van der Waals surface area contributed by atoms with Crippen LogP contribution in [0.15, 0.2) is 84.9 Å². The summed E-state index contributed by atoms with van der Waals surface area (Å²) in [6, 6.07) is 27.9. The summed E-state index contributed by atoms with van der Waals surface area (Å²) in [5, 5.41) is 20.5. The summed E-state index contributed by atoms with van der Waals surface area (Å²) in [4.78, 5) is 0. The number of anilines is 2. The number of phenols is 2. The van der Waals surface area contributed by atoms with Crippen LogP contribution in [0.1, 0.15) is 81.8 Å². The highest BCUT2D eigenvalue weighted by molar-refractivity contribution is 5.61. The number of nitrogen functional groups attached to an aromatic ring is 2. The molecule has 12 rings (SSSR count). The van der Waals surface area contributed by atoms with E-state index in [0.29, 0.717) is 28.8 Å². The van der Waals surface area contributed by atoms with Crippen LogP contribution in [0.25, 0.3) is 0 Å². The zero-order valence-electron chi connectivity index (χ0n) is 28.7. The third kappa shape index (κ3) is 4.26. The molecule has 8 saturated carbocycles. The van der Waals surface area contributed by atoms with Gasteiger partial charge in [-0.05, 0) is 153 Å². The summed E-state index contributed by atoms with van der Waals surface area (Å²) in [5.74, 6) is 7.54. The fourth-order valence-corrected chi connectivity index (χ4v) is 13.9. The largest absolute Gasteiger partial charge is 0.506 e. The van der Waals surface area contributed by atoms with Crippen LogP contribution < -0.4 is 20.9 Å².